The topological polar surface area (TPSA) is 64.9 Å². The van der Waals surface area contributed by atoms with Crippen molar-refractivity contribution in [2.45, 2.75) is 19.8 Å². The highest BCUT2D eigenvalue weighted by molar-refractivity contribution is 6.31. The molecule has 0 radical (unpaired) electrons. The average Bonchev–Trinajstić information content (AvgIpc) is 2.64. The molecule has 0 aliphatic carbocycles. The summed E-state index contributed by atoms with van der Waals surface area (Å²) in [5.74, 6) is 1.25. The van der Waals surface area contributed by atoms with Crippen LogP contribution in [0.25, 0.3) is 11.5 Å². The van der Waals surface area contributed by atoms with Crippen LogP contribution in [0.15, 0.2) is 22.6 Å². The first-order chi connectivity index (χ1) is 7.56. The second kappa shape index (κ2) is 4.14. The van der Waals surface area contributed by atoms with E-state index >= 15 is 0 Å². The first-order valence-corrected chi connectivity index (χ1v) is 5.34. The van der Waals surface area contributed by atoms with E-state index in [0.29, 0.717) is 22.5 Å². The van der Waals surface area contributed by atoms with Gasteiger partial charge in [-0.2, -0.15) is 0 Å². The Morgan fingerprint density at radius 3 is 2.56 bits per heavy atom. The van der Waals surface area contributed by atoms with Crippen molar-refractivity contribution in [3.63, 3.8) is 0 Å². The highest BCUT2D eigenvalue weighted by Crippen LogP contribution is 2.26. The van der Waals surface area contributed by atoms with E-state index in [2.05, 4.69) is 10.2 Å². The number of nitrogens with two attached hydrogens (primary N) is 1. The number of aromatic nitrogens is 2. The maximum absolute atomic E-state index is 5.90. The lowest BCUT2D eigenvalue weighted by atomic mass is 10.2. The largest absolute Gasteiger partial charge is 0.420 e. The number of nitrogens with zero attached hydrogens (tertiary/aromatic N) is 2. The van der Waals surface area contributed by atoms with Crippen LogP contribution in [-0.4, -0.2) is 10.2 Å². The van der Waals surface area contributed by atoms with Crippen LogP contribution in [0.5, 0.6) is 0 Å². The van der Waals surface area contributed by atoms with E-state index in [1.165, 1.54) is 0 Å². The summed E-state index contributed by atoms with van der Waals surface area (Å²) in [6.07, 6.45) is 0. The Labute approximate surface area is 98.4 Å². The zero-order valence-corrected chi connectivity index (χ0v) is 9.82. The molecule has 0 saturated heterocycles. The van der Waals surface area contributed by atoms with Gasteiger partial charge >= 0.3 is 0 Å². The molecular weight excluding hydrogens is 226 g/mol. The summed E-state index contributed by atoms with van der Waals surface area (Å²) in [6.45, 7) is 3.98. The predicted octanol–water partition coefficient (Wildman–Crippen LogP) is 3.10. The monoisotopic (exact) mass is 237 g/mol. The molecule has 1 aromatic carbocycles. The van der Waals surface area contributed by atoms with Gasteiger partial charge < -0.3 is 10.2 Å². The Balaban J connectivity index is 2.42. The summed E-state index contributed by atoms with van der Waals surface area (Å²) in [4.78, 5) is 0. The maximum Gasteiger partial charge on any atom is 0.247 e. The van der Waals surface area contributed by atoms with E-state index in [4.69, 9.17) is 21.8 Å². The van der Waals surface area contributed by atoms with Gasteiger partial charge in [-0.15, -0.1) is 10.2 Å². The van der Waals surface area contributed by atoms with Crippen molar-refractivity contribution in [2.24, 2.45) is 0 Å². The molecule has 0 fully saturated rings. The SMILES string of the molecule is CC(C)c1nnc(-c2cc(N)cc(Cl)c2)o1. The molecule has 2 rings (SSSR count). The van der Waals surface area contributed by atoms with E-state index in [0.717, 1.165) is 5.56 Å². The molecule has 0 spiro atoms. The van der Waals surface area contributed by atoms with Crippen molar-refractivity contribution in [3.05, 3.63) is 29.1 Å². The van der Waals surface area contributed by atoms with Crippen LogP contribution in [0.2, 0.25) is 5.02 Å². The average molecular weight is 238 g/mol. The number of halogens is 1. The zero-order valence-electron chi connectivity index (χ0n) is 9.07. The van der Waals surface area contributed by atoms with Crippen LogP contribution in [0.1, 0.15) is 25.7 Å². The summed E-state index contributed by atoms with van der Waals surface area (Å²) in [5.41, 5.74) is 7.00. The number of nitrogen functional groups attached to an aromatic ring is 1. The zero-order chi connectivity index (χ0) is 11.7. The van der Waals surface area contributed by atoms with Gasteiger partial charge in [-0.3, -0.25) is 0 Å². The summed E-state index contributed by atoms with van der Waals surface area (Å²) in [7, 11) is 0. The van der Waals surface area contributed by atoms with Crippen LogP contribution in [0, 0.1) is 0 Å². The molecule has 1 heterocycles. The van der Waals surface area contributed by atoms with Gasteiger partial charge in [0.25, 0.3) is 0 Å². The van der Waals surface area contributed by atoms with Crippen LogP contribution < -0.4 is 5.73 Å². The maximum atomic E-state index is 5.90. The van der Waals surface area contributed by atoms with E-state index in [1.807, 2.05) is 13.8 Å². The number of hydrogen-bond donors (Lipinski definition) is 1. The predicted molar refractivity (Wildman–Crippen MR) is 63.2 cm³/mol. The van der Waals surface area contributed by atoms with Gasteiger partial charge in [-0.25, -0.2) is 0 Å². The molecule has 5 heteroatoms. The fourth-order valence-corrected chi connectivity index (χ4v) is 1.56. The molecule has 0 saturated carbocycles. The Kier molecular flexibility index (Phi) is 2.83. The molecule has 4 nitrogen and oxygen atoms in total. The van der Waals surface area contributed by atoms with Crippen LogP contribution in [-0.2, 0) is 0 Å². The van der Waals surface area contributed by atoms with E-state index in [-0.39, 0.29) is 5.92 Å². The fourth-order valence-electron chi connectivity index (χ4n) is 1.32. The third-order valence-corrected chi connectivity index (χ3v) is 2.32. The van der Waals surface area contributed by atoms with Gasteiger partial charge in [0.05, 0.1) is 0 Å². The van der Waals surface area contributed by atoms with Gasteiger partial charge in [0.15, 0.2) is 0 Å². The Morgan fingerprint density at radius 1 is 1.25 bits per heavy atom. The Morgan fingerprint density at radius 2 is 2.00 bits per heavy atom. The van der Waals surface area contributed by atoms with E-state index in [9.17, 15) is 0 Å². The number of anilines is 1. The minimum Gasteiger partial charge on any atom is -0.420 e. The third-order valence-electron chi connectivity index (χ3n) is 2.10. The van der Waals surface area contributed by atoms with Crippen molar-refractivity contribution >= 4 is 17.3 Å². The molecule has 0 atom stereocenters. The van der Waals surface area contributed by atoms with Crippen molar-refractivity contribution in [3.8, 4) is 11.5 Å². The molecule has 0 aliphatic rings. The first kappa shape index (κ1) is 11.0. The van der Waals surface area contributed by atoms with Crippen molar-refractivity contribution in [2.75, 3.05) is 5.73 Å². The molecule has 1 aromatic heterocycles. The van der Waals surface area contributed by atoms with Gasteiger partial charge in [0.2, 0.25) is 11.8 Å². The summed E-state index contributed by atoms with van der Waals surface area (Å²) in [5, 5.41) is 8.46. The lowest BCUT2D eigenvalue weighted by molar-refractivity contribution is 0.481. The number of benzene rings is 1. The van der Waals surface area contributed by atoms with Crippen molar-refractivity contribution in [1.29, 1.82) is 0 Å². The van der Waals surface area contributed by atoms with Crippen LogP contribution in [0.4, 0.5) is 5.69 Å². The molecular formula is C11H12ClN3O. The van der Waals surface area contributed by atoms with Gasteiger partial charge in [-0.05, 0) is 18.2 Å². The first-order valence-electron chi connectivity index (χ1n) is 4.96. The molecule has 2 N–H and O–H groups in total. The standard InChI is InChI=1S/C11H12ClN3O/c1-6(2)10-14-15-11(16-10)7-3-8(12)5-9(13)4-7/h3-6H,13H2,1-2H3. The lowest BCUT2D eigenvalue weighted by Crippen LogP contribution is -1.86. The fraction of sp³-hybridized carbons (Fsp3) is 0.273. The van der Waals surface area contributed by atoms with E-state index in [1.54, 1.807) is 18.2 Å². The summed E-state index contributed by atoms with van der Waals surface area (Å²) < 4.78 is 5.50. The van der Waals surface area contributed by atoms with Crippen LogP contribution in [0.3, 0.4) is 0 Å². The molecule has 2 aromatic rings. The second-order valence-corrected chi connectivity index (χ2v) is 4.31. The molecule has 16 heavy (non-hydrogen) atoms. The second-order valence-electron chi connectivity index (χ2n) is 3.87. The molecule has 0 amide bonds. The van der Waals surface area contributed by atoms with Gasteiger partial charge in [-0.1, -0.05) is 25.4 Å². The highest BCUT2D eigenvalue weighted by Gasteiger charge is 2.12. The highest BCUT2D eigenvalue weighted by atomic mass is 35.5. The molecule has 0 bridgehead atoms. The Bertz CT molecular complexity index is 487. The van der Waals surface area contributed by atoms with Crippen molar-refractivity contribution in [1.82, 2.24) is 10.2 Å². The quantitative estimate of drug-likeness (QED) is 0.816. The minimum absolute atomic E-state index is 0.206. The van der Waals surface area contributed by atoms with Gasteiger partial charge in [0, 0.05) is 22.2 Å². The molecule has 0 aliphatic heterocycles. The number of hydrogen-bond acceptors (Lipinski definition) is 4. The smallest absolute Gasteiger partial charge is 0.247 e. The Hall–Kier alpha value is -1.55. The minimum atomic E-state index is 0.206. The molecule has 0 unspecified atom stereocenters. The molecule has 84 valence electrons. The summed E-state index contributed by atoms with van der Waals surface area (Å²) >= 11 is 5.90. The summed E-state index contributed by atoms with van der Waals surface area (Å²) in [6, 6.07) is 5.17. The van der Waals surface area contributed by atoms with Crippen LogP contribution >= 0.6 is 11.6 Å². The van der Waals surface area contributed by atoms with Crippen molar-refractivity contribution < 1.29 is 4.42 Å². The normalized spacial score (nSPS) is 11.0. The van der Waals surface area contributed by atoms with E-state index < -0.39 is 0 Å². The third kappa shape index (κ3) is 2.17. The number of rotatable bonds is 2. The lowest BCUT2D eigenvalue weighted by Gasteiger charge is -1.99. The van der Waals surface area contributed by atoms with Gasteiger partial charge in [0.1, 0.15) is 0 Å².